The molecule has 17 heavy (non-hydrogen) atoms. The van der Waals surface area contributed by atoms with Crippen molar-refractivity contribution >= 4 is 45.0 Å². The van der Waals surface area contributed by atoms with E-state index < -0.39 is 0 Å². The average molecular weight is 330 g/mol. The van der Waals surface area contributed by atoms with E-state index in [0.29, 0.717) is 10.7 Å². The van der Waals surface area contributed by atoms with Gasteiger partial charge in [0.2, 0.25) is 0 Å². The van der Waals surface area contributed by atoms with E-state index in [1.54, 1.807) is 24.0 Å². The van der Waals surface area contributed by atoms with Gasteiger partial charge in [-0.3, -0.25) is 0 Å². The van der Waals surface area contributed by atoms with Gasteiger partial charge in [0.25, 0.3) is 0 Å². The zero-order valence-corrected chi connectivity index (χ0v) is 12.0. The second-order valence-corrected chi connectivity index (χ2v) is 5.66. The molecular weight excluding hydrogens is 320 g/mol. The van der Waals surface area contributed by atoms with Crippen LogP contribution in [0.1, 0.15) is 5.56 Å². The maximum Gasteiger partial charge on any atom is 0.110 e. The van der Waals surface area contributed by atoms with Crippen molar-refractivity contribution in [1.82, 2.24) is 4.98 Å². The molecule has 88 valence electrons. The molecule has 1 aromatic carbocycles. The van der Waals surface area contributed by atoms with Crippen molar-refractivity contribution in [1.29, 1.82) is 0 Å². The van der Waals surface area contributed by atoms with Crippen LogP contribution in [0.4, 0.5) is 5.69 Å². The lowest BCUT2D eigenvalue weighted by molar-refractivity contribution is 1.11. The Labute approximate surface area is 118 Å². The minimum Gasteiger partial charge on any atom is -0.399 e. The Bertz CT molecular complexity index is 534. The first kappa shape index (κ1) is 12.7. The summed E-state index contributed by atoms with van der Waals surface area (Å²) in [6, 6.07) is 9.44. The van der Waals surface area contributed by atoms with Crippen LogP contribution in [-0.2, 0) is 5.75 Å². The normalized spacial score (nSPS) is 10.5. The molecule has 0 saturated carbocycles. The molecule has 2 rings (SSSR count). The third kappa shape index (κ3) is 3.37. The first-order valence-corrected chi connectivity index (χ1v) is 7.09. The number of thioether (sulfide) groups is 1. The van der Waals surface area contributed by atoms with Gasteiger partial charge in [-0.1, -0.05) is 17.7 Å². The molecule has 2 nitrogen and oxygen atoms in total. The molecule has 0 bridgehead atoms. The number of anilines is 1. The molecule has 1 heterocycles. The van der Waals surface area contributed by atoms with Crippen molar-refractivity contribution in [2.45, 2.75) is 10.8 Å². The molecule has 2 N–H and O–H groups in total. The van der Waals surface area contributed by atoms with Gasteiger partial charge in [-0.25, -0.2) is 4.98 Å². The summed E-state index contributed by atoms with van der Waals surface area (Å²) in [6.45, 7) is 0. The van der Waals surface area contributed by atoms with Crippen molar-refractivity contribution in [3.63, 3.8) is 0 Å². The number of nitrogens with two attached hydrogens (primary N) is 1. The predicted octanol–water partition coefficient (Wildman–Crippen LogP) is 4.37. The summed E-state index contributed by atoms with van der Waals surface area (Å²) < 4.78 is 0.997. The number of hydrogen-bond acceptors (Lipinski definition) is 3. The van der Waals surface area contributed by atoms with E-state index in [1.165, 1.54) is 0 Å². The fourth-order valence-corrected chi connectivity index (χ4v) is 3.12. The Hall–Kier alpha value is -0.710. The Morgan fingerprint density at radius 1 is 1.35 bits per heavy atom. The molecule has 5 heteroatoms. The van der Waals surface area contributed by atoms with Crippen molar-refractivity contribution in [3.8, 4) is 0 Å². The fraction of sp³-hybridized carbons (Fsp3) is 0.0833. The number of rotatable bonds is 3. The Balaban J connectivity index is 2.10. The lowest BCUT2D eigenvalue weighted by Crippen LogP contribution is -1.89. The van der Waals surface area contributed by atoms with Gasteiger partial charge in [-0.15, -0.1) is 11.8 Å². The van der Waals surface area contributed by atoms with Crippen LogP contribution in [-0.4, -0.2) is 4.98 Å². The van der Waals surface area contributed by atoms with Gasteiger partial charge in [0.05, 0.1) is 0 Å². The third-order valence-corrected chi connectivity index (χ3v) is 4.47. The minimum atomic E-state index is 0.683. The molecule has 0 radical (unpaired) electrons. The molecular formula is C12H10BrClN2S. The number of benzene rings is 1. The summed E-state index contributed by atoms with van der Waals surface area (Å²) in [5, 5.41) is 1.66. The largest absolute Gasteiger partial charge is 0.399 e. The number of halogens is 2. The molecule has 0 aliphatic carbocycles. The van der Waals surface area contributed by atoms with Crippen LogP contribution < -0.4 is 5.73 Å². The summed E-state index contributed by atoms with van der Waals surface area (Å²) >= 11 is 11.2. The van der Waals surface area contributed by atoms with Crippen LogP contribution in [0.3, 0.4) is 0 Å². The van der Waals surface area contributed by atoms with E-state index in [1.807, 2.05) is 24.3 Å². The van der Waals surface area contributed by atoms with Crippen LogP contribution in [0.5, 0.6) is 0 Å². The molecule has 0 spiro atoms. The van der Waals surface area contributed by atoms with Crippen LogP contribution >= 0.6 is 39.3 Å². The Morgan fingerprint density at radius 3 is 2.88 bits per heavy atom. The summed E-state index contributed by atoms with van der Waals surface area (Å²) in [4.78, 5) is 4.29. The van der Waals surface area contributed by atoms with Gasteiger partial charge in [0.15, 0.2) is 0 Å². The Kier molecular flexibility index (Phi) is 4.31. The second kappa shape index (κ2) is 5.76. The SMILES string of the molecule is Nc1ccc(CSc2ncccc2Br)c(Cl)c1. The first-order chi connectivity index (χ1) is 8.16. The van der Waals surface area contributed by atoms with Crippen LogP contribution in [0.25, 0.3) is 0 Å². The van der Waals surface area contributed by atoms with Gasteiger partial charge in [0.1, 0.15) is 5.03 Å². The standard InChI is InChI=1S/C12H10BrClN2S/c13-10-2-1-5-16-12(10)17-7-8-3-4-9(15)6-11(8)14/h1-6H,7,15H2. The molecule has 0 unspecified atom stereocenters. The van der Waals surface area contributed by atoms with E-state index in [9.17, 15) is 0 Å². The van der Waals surface area contributed by atoms with Gasteiger partial charge < -0.3 is 5.73 Å². The number of aromatic nitrogens is 1. The molecule has 1 aromatic heterocycles. The number of hydrogen-bond donors (Lipinski definition) is 1. The van der Waals surface area contributed by atoms with Gasteiger partial charge in [-0.05, 0) is 45.8 Å². The van der Waals surface area contributed by atoms with E-state index in [2.05, 4.69) is 20.9 Å². The third-order valence-electron chi connectivity index (χ3n) is 2.17. The highest BCUT2D eigenvalue weighted by Crippen LogP contribution is 2.30. The molecule has 0 amide bonds. The highest BCUT2D eigenvalue weighted by atomic mass is 79.9. The predicted molar refractivity (Wildman–Crippen MR) is 77.4 cm³/mol. The van der Waals surface area contributed by atoms with Crippen molar-refractivity contribution in [2.75, 3.05) is 5.73 Å². The number of nitrogens with zero attached hydrogens (tertiary/aromatic N) is 1. The van der Waals surface area contributed by atoms with E-state index >= 15 is 0 Å². The summed E-state index contributed by atoms with van der Waals surface area (Å²) in [5.41, 5.74) is 7.39. The molecule has 0 saturated heterocycles. The summed E-state index contributed by atoms with van der Waals surface area (Å²) in [7, 11) is 0. The molecule has 0 fully saturated rings. The van der Waals surface area contributed by atoms with E-state index in [4.69, 9.17) is 17.3 Å². The lowest BCUT2D eigenvalue weighted by Gasteiger charge is -2.05. The van der Waals surface area contributed by atoms with Gasteiger partial charge in [0, 0.05) is 27.1 Å². The molecule has 0 atom stereocenters. The van der Waals surface area contributed by atoms with Crippen molar-refractivity contribution in [2.24, 2.45) is 0 Å². The number of pyridine rings is 1. The maximum absolute atomic E-state index is 6.11. The summed E-state index contributed by atoms with van der Waals surface area (Å²) in [6.07, 6.45) is 1.78. The topological polar surface area (TPSA) is 38.9 Å². The van der Waals surface area contributed by atoms with Gasteiger partial charge in [-0.2, -0.15) is 0 Å². The average Bonchev–Trinajstić information content (AvgIpc) is 2.30. The van der Waals surface area contributed by atoms with E-state index in [-0.39, 0.29) is 0 Å². The monoisotopic (exact) mass is 328 g/mol. The fourth-order valence-electron chi connectivity index (χ4n) is 1.30. The van der Waals surface area contributed by atoms with Crippen LogP contribution in [0.15, 0.2) is 46.0 Å². The minimum absolute atomic E-state index is 0.683. The first-order valence-electron chi connectivity index (χ1n) is 4.94. The van der Waals surface area contributed by atoms with Crippen molar-refractivity contribution in [3.05, 3.63) is 51.6 Å². The summed E-state index contributed by atoms with van der Waals surface area (Å²) in [5.74, 6) is 0.773. The van der Waals surface area contributed by atoms with Crippen LogP contribution in [0.2, 0.25) is 5.02 Å². The zero-order valence-electron chi connectivity index (χ0n) is 8.86. The lowest BCUT2D eigenvalue weighted by atomic mass is 10.2. The Morgan fingerprint density at radius 2 is 2.18 bits per heavy atom. The maximum atomic E-state index is 6.11. The van der Waals surface area contributed by atoms with Crippen molar-refractivity contribution < 1.29 is 0 Å². The highest BCUT2D eigenvalue weighted by Gasteiger charge is 2.05. The second-order valence-electron chi connectivity index (χ2n) is 3.43. The smallest absolute Gasteiger partial charge is 0.110 e. The molecule has 0 aliphatic heterocycles. The molecule has 0 aliphatic rings. The number of nitrogen functional groups attached to an aromatic ring is 1. The van der Waals surface area contributed by atoms with E-state index in [0.717, 1.165) is 20.8 Å². The quantitative estimate of drug-likeness (QED) is 0.671. The van der Waals surface area contributed by atoms with Crippen LogP contribution in [0, 0.1) is 0 Å². The van der Waals surface area contributed by atoms with Gasteiger partial charge >= 0.3 is 0 Å². The molecule has 2 aromatic rings. The highest BCUT2D eigenvalue weighted by molar-refractivity contribution is 9.10. The zero-order chi connectivity index (χ0) is 12.3.